The fourth-order valence-corrected chi connectivity index (χ4v) is 3.20. The monoisotopic (exact) mass is 322 g/mol. The first-order valence-electron chi connectivity index (χ1n) is 9.01. The van der Waals surface area contributed by atoms with Crippen LogP contribution in [0.25, 0.3) is 21.5 Å². The van der Waals surface area contributed by atoms with Crippen molar-refractivity contribution in [3.63, 3.8) is 0 Å². The topological polar surface area (TPSA) is 29.5 Å². The lowest BCUT2D eigenvalue weighted by molar-refractivity contribution is 0.0990. The maximum atomic E-state index is 10.2. The fraction of sp³-hybridized carbons (Fsp3) is 0.364. The van der Waals surface area contributed by atoms with Crippen LogP contribution >= 0.6 is 0 Å². The van der Waals surface area contributed by atoms with Crippen molar-refractivity contribution in [1.82, 2.24) is 0 Å². The highest BCUT2D eigenvalue weighted by Crippen LogP contribution is 2.34. The summed E-state index contributed by atoms with van der Waals surface area (Å²) in [5, 5.41) is 14.8. The van der Waals surface area contributed by atoms with Gasteiger partial charge in [0.2, 0.25) is 0 Å². The van der Waals surface area contributed by atoms with E-state index in [1.807, 2.05) is 24.3 Å². The number of rotatable bonds is 8. The van der Waals surface area contributed by atoms with Gasteiger partial charge < -0.3 is 9.84 Å². The van der Waals surface area contributed by atoms with Crippen LogP contribution < -0.4 is 4.74 Å². The summed E-state index contributed by atoms with van der Waals surface area (Å²) in [7, 11) is 0. The van der Waals surface area contributed by atoms with Crippen LogP contribution in [0.3, 0.4) is 0 Å². The van der Waals surface area contributed by atoms with Gasteiger partial charge in [0.15, 0.2) is 0 Å². The van der Waals surface area contributed by atoms with Gasteiger partial charge >= 0.3 is 0 Å². The predicted octanol–water partition coefficient (Wildman–Crippen LogP) is 5.70. The molecule has 0 aliphatic heterocycles. The zero-order valence-electron chi connectivity index (χ0n) is 14.4. The molecule has 24 heavy (non-hydrogen) atoms. The molecule has 0 bridgehead atoms. The molecule has 3 aromatic carbocycles. The first kappa shape index (κ1) is 16.8. The van der Waals surface area contributed by atoms with E-state index in [-0.39, 0.29) is 0 Å². The molecule has 0 aromatic heterocycles. The summed E-state index contributed by atoms with van der Waals surface area (Å²) in [6, 6.07) is 18.7. The first-order chi connectivity index (χ1) is 11.8. The Morgan fingerprint density at radius 3 is 2.12 bits per heavy atom. The van der Waals surface area contributed by atoms with Crippen molar-refractivity contribution in [3.05, 3.63) is 54.6 Å². The lowest BCUT2D eigenvalue weighted by Crippen LogP contribution is -2.17. The molecule has 0 saturated carbocycles. The zero-order valence-corrected chi connectivity index (χ0v) is 14.4. The van der Waals surface area contributed by atoms with Crippen molar-refractivity contribution in [2.75, 3.05) is 6.61 Å². The van der Waals surface area contributed by atoms with E-state index in [4.69, 9.17) is 4.74 Å². The number of fused-ring (bicyclic) bond motifs is 2. The lowest BCUT2D eigenvalue weighted by Gasteiger charge is -2.16. The van der Waals surface area contributed by atoms with Gasteiger partial charge in [0.05, 0.1) is 6.10 Å². The molecule has 2 heteroatoms. The van der Waals surface area contributed by atoms with Gasteiger partial charge in [-0.2, -0.15) is 0 Å². The predicted molar refractivity (Wildman–Crippen MR) is 102 cm³/mol. The molecule has 1 unspecified atom stereocenters. The summed E-state index contributed by atoms with van der Waals surface area (Å²) in [4.78, 5) is 0. The molecule has 3 aromatic rings. The van der Waals surface area contributed by atoms with Gasteiger partial charge in [-0.15, -0.1) is 0 Å². The Kier molecular flexibility index (Phi) is 5.71. The first-order valence-corrected chi connectivity index (χ1v) is 9.01. The number of hydrogen-bond donors (Lipinski definition) is 1. The van der Waals surface area contributed by atoms with E-state index in [1.54, 1.807) is 0 Å². The molecule has 0 radical (unpaired) electrons. The second kappa shape index (κ2) is 8.16. The lowest BCUT2D eigenvalue weighted by atomic mass is 10.0. The number of ether oxygens (including phenoxy) is 1. The van der Waals surface area contributed by atoms with Crippen molar-refractivity contribution < 1.29 is 9.84 Å². The van der Waals surface area contributed by atoms with Crippen LogP contribution in [0.4, 0.5) is 0 Å². The zero-order chi connectivity index (χ0) is 16.8. The molecule has 0 amide bonds. The van der Waals surface area contributed by atoms with Gasteiger partial charge in [-0.1, -0.05) is 81.1 Å². The Balaban J connectivity index is 1.79. The minimum atomic E-state index is -0.403. The van der Waals surface area contributed by atoms with Crippen molar-refractivity contribution in [1.29, 1.82) is 0 Å². The van der Waals surface area contributed by atoms with E-state index in [1.165, 1.54) is 30.0 Å². The summed E-state index contributed by atoms with van der Waals surface area (Å²) in [5.74, 6) is 0.885. The molecule has 126 valence electrons. The number of benzene rings is 3. The standard InChI is InChI=1S/C22H26O2/c1-2-3-4-5-12-19(23)16-24-22-20-13-8-6-10-17(20)15-18-11-7-9-14-21(18)22/h6-11,13-15,19,23H,2-5,12,16H2,1H3. The fourth-order valence-electron chi connectivity index (χ4n) is 3.20. The van der Waals surface area contributed by atoms with Gasteiger partial charge in [0, 0.05) is 10.8 Å². The third-order valence-electron chi connectivity index (χ3n) is 4.53. The maximum absolute atomic E-state index is 10.2. The van der Waals surface area contributed by atoms with Crippen LogP contribution in [-0.4, -0.2) is 17.8 Å². The summed E-state index contributed by atoms with van der Waals surface area (Å²) >= 11 is 0. The summed E-state index contributed by atoms with van der Waals surface area (Å²) in [6.45, 7) is 2.55. The minimum absolute atomic E-state index is 0.351. The van der Waals surface area contributed by atoms with Crippen molar-refractivity contribution >= 4 is 21.5 Å². The average Bonchev–Trinajstić information content (AvgIpc) is 2.62. The molecule has 0 heterocycles. The Morgan fingerprint density at radius 1 is 0.875 bits per heavy atom. The highest BCUT2D eigenvalue weighted by Gasteiger charge is 2.11. The molecule has 1 N–H and O–H groups in total. The highest BCUT2D eigenvalue weighted by molar-refractivity contribution is 6.05. The van der Waals surface area contributed by atoms with Crippen LogP contribution in [0.1, 0.15) is 39.0 Å². The molecule has 2 nitrogen and oxygen atoms in total. The van der Waals surface area contributed by atoms with Gasteiger partial charge in [0.1, 0.15) is 12.4 Å². The van der Waals surface area contributed by atoms with Crippen LogP contribution in [-0.2, 0) is 0 Å². The summed E-state index contributed by atoms with van der Waals surface area (Å²) in [6.07, 6.45) is 5.11. The van der Waals surface area contributed by atoms with E-state index in [9.17, 15) is 5.11 Å². The third-order valence-corrected chi connectivity index (χ3v) is 4.53. The van der Waals surface area contributed by atoms with Crippen molar-refractivity contribution in [2.24, 2.45) is 0 Å². The molecule has 0 spiro atoms. The molecule has 1 atom stereocenters. The van der Waals surface area contributed by atoms with Crippen molar-refractivity contribution in [3.8, 4) is 5.75 Å². The molecule has 0 saturated heterocycles. The molecule has 0 aliphatic carbocycles. The number of unbranched alkanes of at least 4 members (excludes halogenated alkanes) is 3. The van der Waals surface area contributed by atoms with Crippen molar-refractivity contribution in [2.45, 2.75) is 45.1 Å². The van der Waals surface area contributed by atoms with Crippen LogP contribution in [0.2, 0.25) is 0 Å². The second-order valence-corrected chi connectivity index (χ2v) is 6.46. The molecule has 3 rings (SSSR count). The Bertz CT molecular complexity index is 740. The van der Waals surface area contributed by atoms with E-state index in [0.717, 1.165) is 29.4 Å². The maximum Gasteiger partial charge on any atom is 0.135 e. The van der Waals surface area contributed by atoms with E-state index < -0.39 is 6.10 Å². The van der Waals surface area contributed by atoms with Gasteiger partial charge in [0.25, 0.3) is 0 Å². The molecular weight excluding hydrogens is 296 g/mol. The van der Waals surface area contributed by atoms with Crippen LogP contribution in [0.15, 0.2) is 54.6 Å². The molecule has 0 aliphatic rings. The quantitative estimate of drug-likeness (QED) is 0.425. The number of aliphatic hydroxyl groups excluding tert-OH is 1. The SMILES string of the molecule is CCCCCCC(O)COc1c2ccccc2cc2ccccc12. The van der Waals surface area contributed by atoms with E-state index in [0.29, 0.717) is 6.61 Å². The minimum Gasteiger partial charge on any atom is -0.490 e. The Labute approximate surface area is 144 Å². The second-order valence-electron chi connectivity index (χ2n) is 6.46. The number of hydrogen-bond acceptors (Lipinski definition) is 2. The smallest absolute Gasteiger partial charge is 0.135 e. The highest BCUT2D eigenvalue weighted by atomic mass is 16.5. The van der Waals surface area contributed by atoms with E-state index >= 15 is 0 Å². The van der Waals surface area contributed by atoms with Crippen LogP contribution in [0, 0.1) is 0 Å². The number of aliphatic hydroxyl groups is 1. The average molecular weight is 322 g/mol. The Morgan fingerprint density at radius 2 is 1.50 bits per heavy atom. The van der Waals surface area contributed by atoms with Crippen LogP contribution in [0.5, 0.6) is 5.75 Å². The van der Waals surface area contributed by atoms with E-state index in [2.05, 4.69) is 37.3 Å². The normalized spacial score (nSPS) is 12.6. The largest absolute Gasteiger partial charge is 0.490 e. The summed E-state index contributed by atoms with van der Waals surface area (Å²) < 4.78 is 6.10. The third kappa shape index (κ3) is 3.88. The Hall–Kier alpha value is -2.06. The van der Waals surface area contributed by atoms with Gasteiger partial charge in [-0.3, -0.25) is 0 Å². The molecule has 0 fully saturated rings. The van der Waals surface area contributed by atoms with Gasteiger partial charge in [-0.25, -0.2) is 0 Å². The van der Waals surface area contributed by atoms with Gasteiger partial charge in [-0.05, 0) is 23.3 Å². The summed E-state index contributed by atoms with van der Waals surface area (Å²) in [5.41, 5.74) is 0. The molecular formula is C22H26O2.